The minimum Gasteiger partial charge on any atom is -0.371 e. The van der Waals surface area contributed by atoms with Gasteiger partial charge in [0, 0.05) is 49.3 Å². The van der Waals surface area contributed by atoms with E-state index in [2.05, 4.69) is 42.0 Å². The van der Waals surface area contributed by atoms with E-state index < -0.39 is 0 Å². The first kappa shape index (κ1) is 14.8. The fourth-order valence-corrected chi connectivity index (χ4v) is 3.39. The monoisotopic (exact) mass is 287 g/mol. The second kappa shape index (κ2) is 5.96. The molecule has 21 heavy (non-hydrogen) atoms. The van der Waals surface area contributed by atoms with Crippen molar-refractivity contribution in [3.63, 3.8) is 0 Å². The van der Waals surface area contributed by atoms with Gasteiger partial charge in [0.1, 0.15) is 0 Å². The lowest BCUT2D eigenvalue weighted by atomic mass is 9.75. The molecule has 3 nitrogen and oxygen atoms in total. The summed E-state index contributed by atoms with van der Waals surface area (Å²) in [6, 6.07) is 2.95. The Morgan fingerprint density at radius 2 is 1.90 bits per heavy atom. The fraction of sp³-hybridized carbons (Fsp3) is 0.722. The van der Waals surface area contributed by atoms with Gasteiger partial charge in [0.2, 0.25) is 0 Å². The highest BCUT2D eigenvalue weighted by Crippen LogP contribution is 2.36. The van der Waals surface area contributed by atoms with Gasteiger partial charge in [0.15, 0.2) is 0 Å². The second-order valence-corrected chi connectivity index (χ2v) is 7.79. The number of nitrogens with zero attached hydrogens (tertiary/aromatic N) is 2. The predicted octanol–water partition coefficient (Wildman–Crippen LogP) is 3.60. The molecule has 1 saturated heterocycles. The van der Waals surface area contributed by atoms with Crippen LogP contribution in [0.5, 0.6) is 0 Å². The van der Waals surface area contributed by atoms with Crippen molar-refractivity contribution in [1.29, 1.82) is 0 Å². The van der Waals surface area contributed by atoms with Crippen molar-refractivity contribution >= 4 is 5.69 Å². The summed E-state index contributed by atoms with van der Waals surface area (Å²) in [5.41, 5.74) is 3.20. The molecule has 0 aromatic carbocycles. The SMILES string of the molecule is CC(C)(C)C1CCN(c2ccncc2CNC2CC2)CC1. The zero-order valence-electron chi connectivity index (χ0n) is 13.7. The zero-order valence-corrected chi connectivity index (χ0v) is 13.7. The summed E-state index contributed by atoms with van der Waals surface area (Å²) in [7, 11) is 0. The molecule has 1 aliphatic heterocycles. The standard InChI is InChI=1S/C18H29N3/c1-18(2,3)15-7-10-21(11-8-15)17-6-9-19-12-14(17)13-20-16-4-5-16/h6,9,12,15-16,20H,4-5,7-8,10-11,13H2,1-3H3. The molecule has 0 atom stereocenters. The van der Waals surface area contributed by atoms with Crippen LogP contribution in [0, 0.1) is 11.3 Å². The average molecular weight is 287 g/mol. The fourth-order valence-electron chi connectivity index (χ4n) is 3.39. The summed E-state index contributed by atoms with van der Waals surface area (Å²) in [4.78, 5) is 6.89. The van der Waals surface area contributed by atoms with Gasteiger partial charge >= 0.3 is 0 Å². The van der Waals surface area contributed by atoms with Crippen molar-refractivity contribution in [1.82, 2.24) is 10.3 Å². The number of rotatable bonds is 4. The van der Waals surface area contributed by atoms with Gasteiger partial charge in [-0.2, -0.15) is 0 Å². The molecule has 0 radical (unpaired) electrons. The smallest absolute Gasteiger partial charge is 0.0442 e. The van der Waals surface area contributed by atoms with Crippen LogP contribution in [-0.4, -0.2) is 24.1 Å². The summed E-state index contributed by atoms with van der Waals surface area (Å²) in [6.07, 6.45) is 9.27. The summed E-state index contributed by atoms with van der Waals surface area (Å²) in [5.74, 6) is 0.851. The predicted molar refractivity (Wildman–Crippen MR) is 88.5 cm³/mol. The first-order chi connectivity index (χ1) is 10.0. The number of anilines is 1. The first-order valence-electron chi connectivity index (χ1n) is 8.45. The lowest BCUT2D eigenvalue weighted by Crippen LogP contribution is -2.38. The van der Waals surface area contributed by atoms with Gasteiger partial charge in [0.05, 0.1) is 0 Å². The molecule has 1 aliphatic carbocycles. The highest BCUT2D eigenvalue weighted by atomic mass is 15.1. The maximum absolute atomic E-state index is 4.33. The number of hydrogen-bond acceptors (Lipinski definition) is 3. The van der Waals surface area contributed by atoms with Gasteiger partial charge in [-0.05, 0) is 43.1 Å². The molecule has 0 spiro atoms. The van der Waals surface area contributed by atoms with Crippen molar-refractivity contribution in [2.45, 2.75) is 59.0 Å². The maximum atomic E-state index is 4.33. The molecule has 1 aromatic rings. The van der Waals surface area contributed by atoms with E-state index in [4.69, 9.17) is 0 Å². The summed E-state index contributed by atoms with van der Waals surface area (Å²) in [6.45, 7) is 10.5. The summed E-state index contributed by atoms with van der Waals surface area (Å²) in [5, 5.41) is 3.62. The molecule has 116 valence electrons. The van der Waals surface area contributed by atoms with E-state index in [-0.39, 0.29) is 0 Å². The number of aromatic nitrogens is 1. The van der Waals surface area contributed by atoms with Gasteiger partial charge in [-0.15, -0.1) is 0 Å². The third-order valence-electron chi connectivity index (χ3n) is 5.10. The van der Waals surface area contributed by atoms with Crippen LogP contribution in [0.3, 0.4) is 0 Å². The highest BCUT2D eigenvalue weighted by Gasteiger charge is 2.29. The normalized spacial score (nSPS) is 20.8. The number of nitrogens with one attached hydrogen (secondary N) is 1. The van der Waals surface area contributed by atoms with Gasteiger partial charge in [-0.1, -0.05) is 20.8 Å². The van der Waals surface area contributed by atoms with E-state index in [9.17, 15) is 0 Å². The Morgan fingerprint density at radius 3 is 2.52 bits per heavy atom. The van der Waals surface area contributed by atoms with Crippen molar-refractivity contribution in [3.8, 4) is 0 Å². The second-order valence-electron chi connectivity index (χ2n) is 7.79. The van der Waals surface area contributed by atoms with Crippen LogP contribution < -0.4 is 10.2 Å². The van der Waals surface area contributed by atoms with Crippen LogP contribution in [0.15, 0.2) is 18.5 Å². The molecule has 3 rings (SSSR count). The number of hydrogen-bond donors (Lipinski definition) is 1. The molecule has 0 bridgehead atoms. The van der Waals surface area contributed by atoms with Gasteiger partial charge in [-0.25, -0.2) is 0 Å². The molecule has 3 heteroatoms. The topological polar surface area (TPSA) is 28.2 Å². The van der Waals surface area contributed by atoms with Crippen molar-refractivity contribution < 1.29 is 0 Å². The van der Waals surface area contributed by atoms with Crippen molar-refractivity contribution in [3.05, 3.63) is 24.0 Å². The molecule has 1 aromatic heterocycles. The molecule has 1 N–H and O–H groups in total. The molecular formula is C18H29N3. The summed E-state index contributed by atoms with van der Waals surface area (Å²) >= 11 is 0. The van der Waals surface area contributed by atoms with Crippen LogP contribution in [-0.2, 0) is 6.54 Å². The maximum Gasteiger partial charge on any atom is 0.0442 e. The van der Waals surface area contributed by atoms with Gasteiger partial charge < -0.3 is 10.2 Å². The molecule has 2 heterocycles. The molecule has 0 amide bonds. The third-order valence-corrected chi connectivity index (χ3v) is 5.10. The Kier molecular flexibility index (Phi) is 4.21. The van der Waals surface area contributed by atoms with Gasteiger partial charge in [0.25, 0.3) is 0 Å². The van der Waals surface area contributed by atoms with E-state index in [0.717, 1.165) is 18.5 Å². The van der Waals surface area contributed by atoms with Crippen molar-refractivity contribution in [2.24, 2.45) is 11.3 Å². The average Bonchev–Trinajstić information content (AvgIpc) is 3.29. The Labute approximate surface area is 129 Å². The van der Waals surface area contributed by atoms with E-state index in [1.807, 2.05) is 12.4 Å². The van der Waals surface area contributed by atoms with E-state index in [0.29, 0.717) is 5.41 Å². The molecule has 2 aliphatic rings. The molecular weight excluding hydrogens is 258 g/mol. The van der Waals surface area contributed by atoms with Crippen LogP contribution in [0.4, 0.5) is 5.69 Å². The third kappa shape index (κ3) is 3.76. The first-order valence-corrected chi connectivity index (χ1v) is 8.45. The van der Waals surface area contributed by atoms with E-state index in [1.165, 1.54) is 50.0 Å². The summed E-state index contributed by atoms with van der Waals surface area (Å²) < 4.78 is 0. The van der Waals surface area contributed by atoms with E-state index in [1.54, 1.807) is 0 Å². The van der Waals surface area contributed by atoms with Crippen LogP contribution in [0.25, 0.3) is 0 Å². The number of piperidine rings is 1. The minimum absolute atomic E-state index is 0.445. The van der Waals surface area contributed by atoms with Crippen LogP contribution in [0.2, 0.25) is 0 Å². The van der Waals surface area contributed by atoms with E-state index >= 15 is 0 Å². The Morgan fingerprint density at radius 1 is 1.19 bits per heavy atom. The highest BCUT2D eigenvalue weighted by molar-refractivity contribution is 5.52. The zero-order chi connectivity index (χ0) is 14.9. The molecule has 1 saturated carbocycles. The molecule has 0 unspecified atom stereocenters. The van der Waals surface area contributed by atoms with Gasteiger partial charge in [-0.3, -0.25) is 4.98 Å². The quantitative estimate of drug-likeness (QED) is 0.917. The largest absolute Gasteiger partial charge is 0.371 e. The lowest BCUT2D eigenvalue weighted by Gasteiger charge is -2.40. The lowest BCUT2D eigenvalue weighted by molar-refractivity contribution is 0.199. The van der Waals surface area contributed by atoms with Crippen molar-refractivity contribution in [2.75, 3.05) is 18.0 Å². The molecule has 2 fully saturated rings. The van der Waals surface area contributed by atoms with Crippen LogP contribution in [0.1, 0.15) is 52.0 Å². The minimum atomic E-state index is 0.445. The number of pyridine rings is 1. The Balaban J connectivity index is 1.64. The van der Waals surface area contributed by atoms with Crippen LogP contribution >= 0.6 is 0 Å². The Hall–Kier alpha value is -1.09. The Bertz CT molecular complexity index is 466.